The van der Waals surface area contributed by atoms with Crippen molar-refractivity contribution in [1.82, 2.24) is 0 Å². The number of ether oxygens (including phenoxy) is 1. The Labute approximate surface area is 202 Å². The van der Waals surface area contributed by atoms with E-state index < -0.39 is 10.1 Å². The van der Waals surface area contributed by atoms with E-state index in [-0.39, 0.29) is 51.7 Å². The van der Waals surface area contributed by atoms with Crippen LogP contribution in [0.25, 0.3) is 0 Å². The van der Waals surface area contributed by atoms with Gasteiger partial charge in [-0.15, -0.1) is 0 Å². The largest absolute Gasteiger partial charge is 1.00 e. The SMILES string of the molecule is CCCCCCCCCCCc1ccc(Oc2ccccc2[O-])c(S(=O)(=O)O)c1.[Na+]. The second kappa shape index (κ2) is 14.1. The van der Waals surface area contributed by atoms with Gasteiger partial charge in [-0.05, 0) is 36.6 Å². The van der Waals surface area contributed by atoms with Crippen molar-refractivity contribution in [2.45, 2.75) is 76.0 Å². The molecule has 0 radical (unpaired) electrons. The number of hydrogen-bond acceptors (Lipinski definition) is 4. The maximum Gasteiger partial charge on any atom is 1.00 e. The number of benzene rings is 2. The van der Waals surface area contributed by atoms with Gasteiger partial charge in [0.05, 0.1) is 0 Å². The van der Waals surface area contributed by atoms with Crippen molar-refractivity contribution >= 4 is 10.1 Å². The van der Waals surface area contributed by atoms with Crippen LogP contribution in [0, 0.1) is 0 Å². The third kappa shape index (κ3) is 9.40. The zero-order chi connectivity index (χ0) is 21.1. The quantitative estimate of drug-likeness (QED) is 0.293. The van der Waals surface area contributed by atoms with Crippen LogP contribution in [-0.2, 0) is 16.5 Å². The van der Waals surface area contributed by atoms with Gasteiger partial charge in [0.25, 0.3) is 10.1 Å². The Hall–Kier alpha value is -1.05. The van der Waals surface area contributed by atoms with E-state index in [1.165, 1.54) is 69.2 Å². The molecule has 160 valence electrons. The molecule has 0 unspecified atom stereocenters. The summed E-state index contributed by atoms with van der Waals surface area (Å²) in [5, 5.41) is 11.8. The fourth-order valence-electron chi connectivity index (χ4n) is 3.29. The van der Waals surface area contributed by atoms with E-state index in [2.05, 4.69) is 6.92 Å². The van der Waals surface area contributed by atoms with Gasteiger partial charge in [-0.3, -0.25) is 4.55 Å². The van der Waals surface area contributed by atoms with Crippen molar-refractivity contribution in [2.75, 3.05) is 0 Å². The van der Waals surface area contributed by atoms with E-state index in [4.69, 9.17) is 4.74 Å². The summed E-state index contributed by atoms with van der Waals surface area (Å²) in [4.78, 5) is -0.311. The van der Waals surface area contributed by atoms with E-state index in [0.29, 0.717) is 0 Å². The third-order valence-electron chi connectivity index (χ3n) is 4.92. The summed E-state index contributed by atoms with van der Waals surface area (Å²) in [5.74, 6) is -0.386. The molecule has 0 bridgehead atoms. The van der Waals surface area contributed by atoms with Gasteiger partial charge in [0.15, 0.2) is 0 Å². The fraction of sp³-hybridized carbons (Fsp3) is 0.478. The van der Waals surface area contributed by atoms with Crippen molar-refractivity contribution in [1.29, 1.82) is 0 Å². The molecule has 2 rings (SSSR count). The third-order valence-corrected chi connectivity index (χ3v) is 5.80. The van der Waals surface area contributed by atoms with Crippen molar-refractivity contribution in [3.63, 3.8) is 0 Å². The molecule has 0 saturated carbocycles. The van der Waals surface area contributed by atoms with Crippen LogP contribution in [0.1, 0.15) is 70.3 Å². The Morgan fingerprint density at radius 2 is 1.47 bits per heavy atom. The second-order valence-corrected chi connectivity index (χ2v) is 8.77. The molecule has 30 heavy (non-hydrogen) atoms. The molecule has 0 atom stereocenters. The van der Waals surface area contributed by atoms with E-state index >= 15 is 0 Å². The van der Waals surface area contributed by atoms with Gasteiger partial charge in [-0.2, -0.15) is 8.42 Å². The van der Waals surface area contributed by atoms with E-state index in [1.807, 2.05) is 0 Å². The van der Waals surface area contributed by atoms with E-state index in [1.54, 1.807) is 18.2 Å². The molecular weight excluding hydrogens is 411 g/mol. The average molecular weight is 443 g/mol. The van der Waals surface area contributed by atoms with Crippen molar-refractivity contribution in [3.8, 4) is 17.2 Å². The molecule has 0 fully saturated rings. The summed E-state index contributed by atoms with van der Waals surface area (Å²) in [6.07, 6.45) is 11.7. The van der Waals surface area contributed by atoms with E-state index in [9.17, 15) is 18.1 Å². The van der Waals surface area contributed by atoms with Crippen LogP contribution in [0.15, 0.2) is 47.4 Å². The number of para-hydroxylation sites is 2. The second-order valence-electron chi connectivity index (χ2n) is 7.38. The molecule has 0 amide bonds. The molecular formula is C23H31NaO5S. The van der Waals surface area contributed by atoms with Gasteiger partial charge in [-0.25, -0.2) is 0 Å². The smallest absolute Gasteiger partial charge is 0.870 e. The molecule has 0 saturated heterocycles. The van der Waals surface area contributed by atoms with Crippen LogP contribution in [-0.4, -0.2) is 13.0 Å². The number of aryl methyl sites for hydroxylation is 1. The normalized spacial score (nSPS) is 11.1. The van der Waals surface area contributed by atoms with Gasteiger partial charge in [0.2, 0.25) is 0 Å². The standard InChI is InChI=1S/C23H32O5S.Na/c1-2-3-4-5-6-7-8-9-10-13-19-16-17-22(23(18-19)29(25,26)27)28-21-15-12-11-14-20(21)24;/h11-12,14-18,24H,2-10,13H2,1H3,(H,25,26,27);/q;+1/p-1. The maximum atomic E-state index is 11.8. The minimum atomic E-state index is -4.47. The Kier molecular flexibility index (Phi) is 12.7. The predicted molar refractivity (Wildman–Crippen MR) is 113 cm³/mol. The number of hydrogen-bond donors (Lipinski definition) is 1. The summed E-state index contributed by atoms with van der Waals surface area (Å²) >= 11 is 0. The molecule has 2 aromatic rings. The maximum absolute atomic E-state index is 11.8. The summed E-state index contributed by atoms with van der Waals surface area (Å²) in [6.45, 7) is 2.22. The van der Waals surface area contributed by atoms with Gasteiger partial charge in [0, 0.05) is 0 Å². The van der Waals surface area contributed by atoms with Gasteiger partial charge in [-0.1, -0.05) is 88.3 Å². The van der Waals surface area contributed by atoms with Crippen LogP contribution in [0.3, 0.4) is 0 Å². The Bertz CT molecular complexity index is 868. The van der Waals surface area contributed by atoms with Crippen LogP contribution in [0.5, 0.6) is 17.2 Å². The zero-order valence-corrected chi connectivity index (χ0v) is 20.9. The van der Waals surface area contributed by atoms with Crippen LogP contribution < -0.4 is 39.4 Å². The van der Waals surface area contributed by atoms with Gasteiger partial charge >= 0.3 is 29.6 Å². The molecule has 0 spiro atoms. The van der Waals surface area contributed by atoms with Gasteiger partial charge in [0.1, 0.15) is 16.4 Å². The monoisotopic (exact) mass is 442 g/mol. The first-order valence-electron chi connectivity index (χ1n) is 10.5. The number of rotatable bonds is 13. The molecule has 0 aromatic heterocycles. The first-order chi connectivity index (χ1) is 13.9. The van der Waals surface area contributed by atoms with Crippen molar-refractivity contribution in [2.24, 2.45) is 0 Å². The van der Waals surface area contributed by atoms with Crippen LogP contribution >= 0.6 is 0 Å². The topological polar surface area (TPSA) is 86.7 Å². The Morgan fingerprint density at radius 3 is 2.07 bits per heavy atom. The molecule has 0 aliphatic carbocycles. The van der Waals surface area contributed by atoms with Crippen LogP contribution in [0.2, 0.25) is 0 Å². The molecule has 5 nitrogen and oxygen atoms in total. The molecule has 7 heteroatoms. The fourth-order valence-corrected chi connectivity index (χ4v) is 3.95. The Balaban J connectivity index is 0.00000450. The zero-order valence-electron chi connectivity index (χ0n) is 18.1. The molecule has 0 aliphatic rings. The van der Waals surface area contributed by atoms with Crippen molar-refractivity contribution < 1.29 is 52.4 Å². The first-order valence-corrected chi connectivity index (χ1v) is 11.9. The molecule has 2 aromatic carbocycles. The average Bonchev–Trinajstić information content (AvgIpc) is 2.68. The summed E-state index contributed by atoms with van der Waals surface area (Å²) in [6, 6.07) is 10.7. The minimum absolute atomic E-state index is 0. The first kappa shape index (κ1) is 27.0. The molecule has 0 heterocycles. The van der Waals surface area contributed by atoms with Gasteiger partial charge < -0.3 is 9.84 Å². The number of unbranched alkanes of at least 4 members (excludes halogenated alkanes) is 8. The van der Waals surface area contributed by atoms with Crippen molar-refractivity contribution in [3.05, 3.63) is 48.0 Å². The summed E-state index contributed by atoms with van der Waals surface area (Å²) in [5.41, 5.74) is 0.823. The van der Waals surface area contributed by atoms with Crippen LogP contribution in [0.4, 0.5) is 0 Å². The summed E-state index contributed by atoms with van der Waals surface area (Å²) in [7, 11) is -4.47. The molecule has 1 N–H and O–H groups in total. The minimum Gasteiger partial charge on any atom is -0.870 e. The van der Waals surface area contributed by atoms with E-state index in [0.717, 1.165) is 24.8 Å². The predicted octanol–water partition coefficient (Wildman–Crippen LogP) is 2.88. The Morgan fingerprint density at radius 1 is 0.867 bits per heavy atom. The molecule has 0 aliphatic heterocycles. The summed E-state index contributed by atoms with van der Waals surface area (Å²) < 4.78 is 38.7.